The van der Waals surface area contributed by atoms with Gasteiger partial charge in [0.05, 0.1) is 12.2 Å². The van der Waals surface area contributed by atoms with Gasteiger partial charge in [0.15, 0.2) is 22.4 Å². The predicted molar refractivity (Wildman–Crippen MR) is 235 cm³/mol. The molecule has 0 spiro atoms. The lowest BCUT2D eigenvalue weighted by Crippen LogP contribution is -2.47. The lowest BCUT2D eigenvalue weighted by atomic mass is 9.99. The van der Waals surface area contributed by atoms with Gasteiger partial charge in [0.25, 0.3) is 0 Å². The average Bonchev–Trinajstić information content (AvgIpc) is 3.72. The summed E-state index contributed by atoms with van der Waals surface area (Å²) >= 11 is 5.39. The summed E-state index contributed by atoms with van der Waals surface area (Å²) in [5, 5.41) is 36.2. The molecule has 6 heterocycles. The minimum atomic E-state index is -0.350. The largest absolute Gasteiger partial charge is 0.489 e. The Morgan fingerprint density at radius 3 is 1.56 bits per heavy atom. The summed E-state index contributed by atoms with van der Waals surface area (Å²) in [4.78, 5) is 27.2. The summed E-state index contributed by atoms with van der Waals surface area (Å²) < 4.78 is 23.3. The first-order valence-electron chi connectivity index (χ1n) is 20.9. The summed E-state index contributed by atoms with van der Waals surface area (Å²) in [5.41, 5.74) is 3.65. The van der Waals surface area contributed by atoms with Gasteiger partial charge in [0.2, 0.25) is 0 Å². The third kappa shape index (κ3) is 12.6. The topological polar surface area (TPSA) is 185 Å². The summed E-state index contributed by atoms with van der Waals surface area (Å²) in [6.45, 7) is 11.3. The second-order valence-corrected chi connectivity index (χ2v) is 16.9. The van der Waals surface area contributed by atoms with Crippen molar-refractivity contribution in [1.82, 2.24) is 25.7 Å². The molecule has 1 N–H and O–H groups in total. The second kappa shape index (κ2) is 21.8. The molecule has 4 bridgehead atoms. The Morgan fingerprint density at radius 2 is 1.15 bits per heavy atom. The number of halogens is 1. The normalized spacial score (nSPS) is 21.8. The lowest BCUT2D eigenvalue weighted by molar-refractivity contribution is 0.0357. The number of aryl methyl sites for hydroxylation is 2. The number of aromatic nitrogens is 4. The standard InChI is InChI=1S/C23H26N4O3.C18H25NO3.C5H2ClN3.CH4/c1-14(2)29-23(28)20-10-15(3)4-8-21(20)30-19-11-17-6-7-18(12-19)27(17)22-9-5-16(13-24)25-26-22;1-11(2)21-18(20)16-8-12(3)4-7-17(16)22-15-9-13-5-6-14(10-15)19-13;6-5-2-1-4(3-7)8-9-5;/h4-5,8-10,14,17-19H,6-7,11-12H2,1-3H3;4,7-8,11,13-15,19H,5-6,9-10H2,1-3H3;1-2H;1H4/t17-,18+,19?;13-,14+,15?;;. The number of fused-ring (bicyclic) bond motifs is 4. The van der Waals surface area contributed by atoms with Crippen molar-refractivity contribution in [1.29, 1.82) is 10.5 Å². The first-order chi connectivity index (χ1) is 29.3. The highest BCUT2D eigenvalue weighted by atomic mass is 35.5. The van der Waals surface area contributed by atoms with Gasteiger partial charge in [-0.15, -0.1) is 20.4 Å². The van der Waals surface area contributed by atoms with E-state index in [9.17, 15) is 9.59 Å². The molecule has 4 aliphatic rings. The van der Waals surface area contributed by atoms with Crippen LogP contribution >= 0.6 is 11.6 Å². The number of nitrogens with zero attached hydrogens (tertiary/aromatic N) is 7. The highest BCUT2D eigenvalue weighted by molar-refractivity contribution is 6.29. The van der Waals surface area contributed by atoms with Gasteiger partial charge in [-0.05, 0) is 129 Å². The molecule has 0 aliphatic carbocycles. The fourth-order valence-corrected chi connectivity index (χ4v) is 8.42. The number of hydrogen-bond acceptors (Lipinski definition) is 14. The molecule has 2 aromatic carbocycles. The molecule has 15 heteroatoms. The fourth-order valence-electron chi connectivity index (χ4n) is 8.32. The van der Waals surface area contributed by atoms with Crippen LogP contribution < -0.4 is 19.7 Å². The van der Waals surface area contributed by atoms with Crippen LogP contribution in [0.25, 0.3) is 0 Å². The van der Waals surface area contributed by atoms with Crippen molar-refractivity contribution >= 4 is 29.4 Å². The second-order valence-electron chi connectivity index (χ2n) is 16.5. The number of hydrogen-bond donors (Lipinski definition) is 1. The zero-order valence-electron chi connectivity index (χ0n) is 35.5. The van der Waals surface area contributed by atoms with E-state index in [1.165, 1.54) is 25.0 Å². The molecule has 6 atom stereocenters. The van der Waals surface area contributed by atoms with Crippen LogP contribution in [0, 0.1) is 36.5 Å². The van der Waals surface area contributed by atoms with Crippen molar-refractivity contribution in [2.45, 2.75) is 149 Å². The molecule has 4 fully saturated rings. The number of rotatable bonds is 9. The van der Waals surface area contributed by atoms with E-state index in [2.05, 4.69) is 30.6 Å². The maximum absolute atomic E-state index is 12.6. The van der Waals surface area contributed by atoms with Gasteiger partial charge >= 0.3 is 11.9 Å². The van der Waals surface area contributed by atoms with Crippen molar-refractivity contribution in [3.8, 4) is 23.6 Å². The summed E-state index contributed by atoms with van der Waals surface area (Å²) in [7, 11) is 0. The van der Waals surface area contributed by atoms with Gasteiger partial charge in [0.1, 0.15) is 47.0 Å². The van der Waals surface area contributed by atoms with Crippen LogP contribution in [0.3, 0.4) is 0 Å². The molecular weight excluding hydrogens is 808 g/mol. The fraction of sp³-hybridized carbons (Fsp3) is 0.489. The van der Waals surface area contributed by atoms with E-state index in [0.717, 1.165) is 55.5 Å². The molecule has 4 saturated heterocycles. The Kier molecular flexibility index (Phi) is 16.6. The molecule has 14 nitrogen and oxygen atoms in total. The maximum atomic E-state index is 12.6. The van der Waals surface area contributed by atoms with E-state index in [0.29, 0.717) is 57.6 Å². The van der Waals surface area contributed by atoms with Crippen molar-refractivity contribution < 1.29 is 28.5 Å². The van der Waals surface area contributed by atoms with Crippen LogP contribution in [0.5, 0.6) is 11.5 Å². The van der Waals surface area contributed by atoms with Crippen molar-refractivity contribution in [3.63, 3.8) is 0 Å². The summed E-state index contributed by atoms with van der Waals surface area (Å²) in [5.74, 6) is 1.41. The van der Waals surface area contributed by atoms with Crippen LogP contribution in [0.1, 0.15) is 130 Å². The highest BCUT2D eigenvalue weighted by Gasteiger charge is 2.43. The number of nitrogens with one attached hydrogen (secondary N) is 1. The number of carbonyl (C=O) groups is 2. The van der Waals surface area contributed by atoms with E-state index < -0.39 is 0 Å². The van der Waals surface area contributed by atoms with Crippen LogP contribution in [0.4, 0.5) is 5.82 Å². The SMILES string of the molecule is C.Cc1ccc(OC2C[C@H]3CC[C@@H](C2)N3)c(C(=O)OC(C)C)c1.Cc1ccc(OC2C[C@H]3CC[C@@H](C2)N3c2ccc(C#N)nn2)c(C(=O)OC(C)C)c1.N#Cc1ccc(Cl)nn1. The molecule has 4 aromatic rings. The monoisotopic (exact) mass is 864 g/mol. The first-order valence-corrected chi connectivity index (χ1v) is 21.3. The summed E-state index contributed by atoms with van der Waals surface area (Å²) in [6, 6.07) is 23.6. The maximum Gasteiger partial charge on any atom is 0.342 e. The average molecular weight is 865 g/mol. The van der Waals surface area contributed by atoms with Crippen LogP contribution in [-0.4, -0.2) is 80.9 Å². The number of anilines is 1. The van der Waals surface area contributed by atoms with Gasteiger partial charge in [-0.1, -0.05) is 42.3 Å². The molecule has 2 aromatic heterocycles. The van der Waals surface area contributed by atoms with Crippen LogP contribution in [0.15, 0.2) is 60.7 Å². The van der Waals surface area contributed by atoms with Gasteiger partial charge in [-0.25, -0.2) is 9.59 Å². The minimum Gasteiger partial charge on any atom is -0.489 e. The number of esters is 2. The first kappa shape index (κ1) is 47.2. The van der Waals surface area contributed by atoms with E-state index in [4.69, 9.17) is 41.1 Å². The molecule has 8 rings (SSSR count). The van der Waals surface area contributed by atoms with Crippen LogP contribution in [0.2, 0.25) is 5.15 Å². The predicted octanol–water partition coefficient (Wildman–Crippen LogP) is 8.66. The smallest absolute Gasteiger partial charge is 0.342 e. The Labute approximate surface area is 369 Å². The van der Waals surface area contributed by atoms with Gasteiger partial charge in [0, 0.05) is 37.0 Å². The molecule has 328 valence electrons. The Hall–Kier alpha value is -5.83. The Balaban J connectivity index is 0.000000198. The van der Waals surface area contributed by atoms with Crippen molar-refractivity contribution in [2.24, 2.45) is 0 Å². The number of carbonyl (C=O) groups excluding carboxylic acids is 2. The van der Waals surface area contributed by atoms with Crippen molar-refractivity contribution in [3.05, 3.63) is 99.5 Å². The third-order valence-corrected chi connectivity index (χ3v) is 11.1. The summed E-state index contributed by atoms with van der Waals surface area (Å²) in [6.07, 6.45) is 8.26. The zero-order valence-corrected chi connectivity index (χ0v) is 36.3. The molecular formula is C47H57ClN8O6. The van der Waals surface area contributed by atoms with Crippen molar-refractivity contribution in [2.75, 3.05) is 4.90 Å². The van der Waals surface area contributed by atoms with E-state index in [1.807, 2.05) is 96.1 Å². The van der Waals surface area contributed by atoms with E-state index in [1.54, 1.807) is 6.07 Å². The molecule has 0 radical (unpaired) electrons. The molecule has 0 amide bonds. The van der Waals surface area contributed by atoms with E-state index in [-0.39, 0.29) is 49.5 Å². The van der Waals surface area contributed by atoms with E-state index >= 15 is 0 Å². The number of benzene rings is 2. The number of ether oxygens (including phenoxy) is 4. The quantitative estimate of drug-likeness (QED) is 0.158. The minimum absolute atomic E-state index is 0. The highest BCUT2D eigenvalue weighted by Crippen LogP contribution is 2.40. The zero-order chi connectivity index (χ0) is 43.6. The molecule has 4 aliphatic heterocycles. The Bertz CT molecular complexity index is 2200. The third-order valence-electron chi connectivity index (χ3n) is 10.9. The molecule has 2 unspecified atom stereocenters. The van der Waals surface area contributed by atoms with Gasteiger partial charge in [-0.3, -0.25) is 0 Å². The lowest BCUT2D eigenvalue weighted by Gasteiger charge is -2.39. The van der Waals surface area contributed by atoms with Gasteiger partial charge < -0.3 is 29.2 Å². The molecule has 0 saturated carbocycles. The number of piperidine rings is 2. The molecule has 62 heavy (non-hydrogen) atoms. The van der Waals surface area contributed by atoms with Gasteiger partial charge in [-0.2, -0.15) is 10.5 Å². The Morgan fingerprint density at radius 1 is 0.677 bits per heavy atom. The number of nitriles is 2. The van der Waals surface area contributed by atoms with Crippen LogP contribution in [-0.2, 0) is 9.47 Å².